The molecule has 4 rings (SSSR count). The summed E-state index contributed by atoms with van der Waals surface area (Å²) in [6, 6.07) is 18.1. The molecule has 1 aromatic heterocycles. The zero-order valence-electron chi connectivity index (χ0n) is 20.0. The zero-order chi connectivity index (χ0) is 24.8. The molecule has 3 aromatic rings. The maximum absolute atomic E-state index is 13.4. The largest absolute Gasteiger partial charge is 0.379 e. The van der Waals surface area contributed by atoms with Crippen LogP contribution in [-0.4, -0.2) is 70.6 Å². The van der Waals surface area contributed by atoms with Gasteiger partial charge in [-0.15, -0.1) is 0 Å². The quantitative estimate of drug-likeness (QED) is 0.500. The van der Waals surface area contributed by atoms with Gasteiger partial charge < -0.3 is 10.1 Å². The first-order chi connectivity index (χ1) is 16.9. The molecule has 1 saturated heterocycles. The van der Waals surface area contributed by atoms with Crippen LogP contribution < -0.4 is 10.0 Å². The average Bonchev–Trinajstić information content (AvgIpc) is 2.89. The third kappa shape index (κ3) is 5.94. The van der Waals surface area contributed by atoms with E-state index in [1.54, 1.807) is 19.1 Å². The molecule has 0 bridgehead atoms. The van der Waals surface area contributed by atoms with Gasteiger partial charge in [-0.2, -0.15) is 0 Å². The molecule has 0 radical (unpaired) electrons. The molecule has 184 valence electrons. The van der Waals surface area contributed by atoms with Crippen LogP contribution in [0, 0.1) is 6.92 Å². The number of carbonyl (C=O) groups is 1. The summed E-state index contributed by atoms with van der Waals surface area (Å²) in [6.07, 6.45) is 0. The molecule has 1 amide bonds. The number of pyridine rings is 1. The van der Waals surface area contributed by atoms with E-state index >= 15 is 0 Å². The lowest BCUT2D eigenvalue weighted by atomic mass is 9.96. The van der Waals surface area contributed by atoms with Crippen molar-refractivity contribution in [2.24, 2.45) is 0 Å². The van der Waals surface area contributed by atoms with Crippen LogP contribution in [0.2, 0.25) is 0 Å². The molecule has 8 nitrogen and oxygen atoms in total. The first-order valence-electron chi connectivity index (χ1n) is 11.6. The summed E-state index contributed by atoms with van der Waals surface area (Å²) in [5, 5.41) is 3.02. The lowest BCUT2D eigenvalue weighted by Gasteiger charge is -2.26. The molecule has 0 spiro atoms. The second-order valence-electron chi connectivity index (χ2n) is 8.33. The van der Waals surface area contributed by atoms with Gasteiger partial charge in [0, 0.05) is 31.7 Å². The Morgan fingerprint density at radius 2 is 1.74 bits per heavy atom. The molecule has 1 fully saturated rings. The van der Waals surface area contributed by atoms with Crippen molar-refractivity contribution in [3.8, 4) is 22.4 Å². The average molecular weight is 495 g/mol. The number of rotatable bonds is 8. The number of ether oxygens (including phenoxy) is 1. The van der Waals surface area contributed by atoms with Crippen molar-refractivity contribution in [2.45, 2.75) is 11.8 Å². The summed E-state index contributed by atoms with van der Waals surface area (Å²) in [6.45, 7) is 6.13. The highest BCUT2D eigenvalue weighted by atomic mass is 32.2. The molecule has 2 aromatic carbocycles. The summed E-state index contributed by atoms with van der Waals surface area (Å²) in [5.74, 6) is -0.236. The minimum Gasteiger partial charge on any atom is -0.379 e. The van der Waals surface area contributed by atoms with Gasteiger partial charge in [-0.05, 0) is 43.3 Å². The standard InChI is InChI=1S/C26H30N4O4S/c1-19-25(26(31)28-11-12-30-13-15-34-16-14-30)23(18-24(29-19)20-7-4-3-5-8-20)21-9-6-10-22(17-21)35(32,33)27-2/h3-10,17-18,27H,11-16H2,1-2H3,(H,28,31). The topological polar surface area (TPSA) is 101 Å². The highest BCUT2D eigenvalue weighted by molar-refractivity contribution is 7.89. The Kier molecular flexibility index (Phi) is 7.92. The number of sulfonamides is 1. The van der Waals surface area contributed by atoms with Crippen molar-refractivity contribution in [2.75, 3.05) is 46.4 Å². The van der Waals surface area contributed by atoms with Crippen LogP contribution >= 0.6 is 0 Å². The van der Waals surface area contributed by atoms with Gasteiger partial charge in [-0.3, -0.25) is 14.7 Å². The highest BCUT2D eigenvalue weighted by Crippen LogP contribution is 2.31. The summed E-state index contributed by atoms with van der Waals surface area (Å²) < 4.78 is 32.6. The Bertz CT molecular complexity index is 1290. The fraction of sp³-hybridized carbons (Fsp3) is 0.308. The molecule has 0 unspecified atom stereocenters. The zero-order valence-corrected chi connectivity index (χ0v) is 20.8. The van der Waals surface area contributed by atoms with Crippen molar-refractivity contribution in [3.63, 3.8) is 0 Å². The number of aryl methyl sites for hydroxylation is 1. The van der Waals surface area contributed by atoms with Gasteiger partial charge in [0.2, 0.25) is 10.0 Å². The second kappa shape index (κ2) is 11.1. The normalized spacial score (nSPS) is 14.6. The van der Waals surface area contributed by atoms with Crippen LogP contribution in [0.25, 0.3) is 22.4 Å². The fourth-order valence-electron chi connectivity index (χ4n) is 4.13. The summed E-state index contributed by atoms with van der Waals surface area (Å²) in [5.41, 5.74) is 3.90. The van der Waals surface area contributed by atoms with Gasteiger partial charge in [0.25, 0.3) is 5.91 Å². The molecule has 9 heteroatoms. The van der Waals surface area contributed by atoms with Gasteiger partial charge in [0.05, 0.1) is 35.1 Å². The lowest BCUT2D eigenvalue weighted by Crippen LogP contribution is -2.41. The number of morpholine rings is 1. The number of nitrogens with zero attached hydrogens (tertiary/aromatic N) is 2. The monoisotopic (exact) mass is 494 g/mol. The van der Waals surface area contributed by atoms with Crippen molar-refractivity contribution >= 4 is 15.9 Å². The number of carbonyl (C=O) groups excluding carboxylic acids is 1. The molecule has 2 N–H and O–H groups in total. The van der Waals surface area contributed by atoms with Crippen molar-refractivity contribution < 1.29 is 17.9 Å². The molecule has 0 atom stereocenters. The third-order valence-electron chi connectivity index (χ3n) is 6.04. The number of nitrogens with one attached hydrogen (secondary N) is 2. The van der Waals surface area contributed by atoms with E-state index in [0.717, 1.165) is 25.2 Å². The van der Waals surface area contributed by atoms with E-state index in [4.69, 9.17) is 9.72 Å². The molecular formula is C26H30N4O4S. The minimum atomic E-state index is -3.64. The Hall–Kier alpha value is -3.11. The van der Waals surface area contributed by atoms with E-state index in [1.165, 1.54) is 13.1 Å². The molecule has 2 heterocycles. The summed E-state index contributed by atoms with van der Waals surface area (Å²) in [4.78, 5) is 20.5. The molecule has 0 saturated carbocycles. The van der Waals surface area contributed by atoms with E-state index in [0.29, 0.717) is 47.8 Å². The number of aromatic nitrogens is 1. The van der Waals surface area contributed by atoms with Crippen molar-refractivity contribution in [3.05, 3.63) is 71.9 Å². The Balaban J connectivity index is 1.71. The predicted molar refractivity (Wildman–Crippen MR) is 136 cm³/mol. The molecular weight excluding hydrogens is 464 g/mol. The highest BCUT2D eigenvalue weighted by Gasteiger charge is 2.21. The van der Waals surface area contributed by atoms with Gasteiger partial charge in [-0.25, -0.2) is 13.1 Å². The van der Waals surface area contributed by atoms with E-state index < -0.39 is 10.0 Å². The van der Waals surface area contributed by atoms with E-state index in [9.17, 15) is 13.2 Å². The maximum Gasteiger partial charge on any atom is 0.253 e. The van der Waals surface area contributed by atoms with Crippen LogP contribution in [0.1, 0.15) is 16.1 Å². The van der Waals surface area contributed by atoms with E-state index in [1.807, 2.05) is 42.5 Å². The Labute approximate surface area is 206 Å². The third-order valence-corrected chi connectivity index (χ3v) is 7.45. The van der Waals surface area contributed by atoms with Gasteiger partial charge in [0.15, 0.2) is 0 Å². The van der Waals surface area contributed by atoms with E-state index in [-0.39, 0.29) is 10.8 Å². The lowest BCUT2D eigenvalue weighted by molar-refractivity contribution is 0.0383. The van der Waals surface area contributed by atoms with Crippen LogP contribution in [0.3, 0.4) is 0 Å². The molecule has 35 heavy (non-hydrogen) atoms. The number of hydrogen-bond acceptors (Lipinski definition) is 6. The fourth-order valence-corrected chi connectivity index (χ4v) is 4.91. The van der Waals surface area contributed by atoms with Crippen molar-refractivity contribution in [1.29, 1.82) is 0 Å². The SMILES string of the molecule is CNS(=O)(=O)c1cccc(-c2cc(-c3ccccc3)nc(C)c2C(=O)NCCN2CCOCC2)c1. The first-order valence-corrected chi connectivity index (χ1v) is 13.1. The first kappa shape index (κ1) is 25.0. The second-order valence-corrected chi connectivity index (χ2v) is 10.2. The van der Waals surface area contributed by atoms with Crippen LogP contribution in [-0.2, 0) is 14.8 Å². The number of benzene rings is 2. The predicted octanol–water partition coefficient (Wildman–Crippen LogP) is 2.69. The molecule has 1 aliphatic rings. The van der Waals surface area contributed by atoms with Gasteiger partial charge >= 0.3 is 0 Å². The number of hydrogen-bond donors (Lipinski definition) is 2. The Morgan fingerprint density at radius 1 is 1.03 bits per heavy atom. The van der Waals surface area contributed by atoms with Crippen LogP contribution in [0.15, 0.2) is 65.6 Å². The van der Waals surface area contributed by atoms with Crippen LogP contribution in [0.5, 0.6) is 0 Å². The number of amides is 1. The summed E-state index contributed by atoms with van der Waals surface area (Å²) >= 11 is 0. The van der Waals surface area contributed by atoms with Gasteiger partial charge in [-0.1, -0.05) is 42.5 Å². The van der Waals surface area contributed by atoms with E-state index in [2.05, 4.69) is 14.9 Å². The molecule has 1 aliphatic heterocycles. The summed E-state index contributed by atoms with van der Waals surface area (Å²) in [7, 11) is -2.27. The minimum absolute atomic E-state index is 0.131. The Morgan fingerprint density at radius 3 is 2.46 bits per heavy atom. The molecule has 0 aliphatic carbocycles. The van der Waals surface area contributed by atoms with Crippen LogP contribution in [0.4, 0.5) is 0 Å². The smallest absolute Gasteiger partial charge is 0.253 e. The van der Waals surface area contributed by atoms with Crippen molar-refractivity contribution in [1.82, 2.24) is 19.9 Å². The van der Waals surface area contributed by atoms with Gasteiger partial charge in [0.1, 0.15) is 0 Å². The maximum atomic E-state index is 13.4.